The molecular formula is C36H38N4O6. The number of carboxylic acid groups (broad SMARTS) is 2. The monoisotopic (exact) mass is 622 g/mol. The van der Waals surface area contributed by atoms with Crippen molar-refractivity contribution in [3.63, 3.8) is 0 Å². The van der Waals surface area contributed by atoms with Gasteiger partial charge in [0.2, 0.25) is 0 Å². The first-order valence-electron chi connectivity index (χ1n) is 15.0. The van der Waals surface area contributed by atoms with Gasteiger partial charge in [0.1, 0.15) is 18.2 Å². The largest absolute Gasteiger partial charge is 0.465 e. The van der Waals surface area contributed by atoms with Crippen LogP contribution in [-0.4, -0.2) is 63.8 Å². The van der Waals surface area contributed by atoms with Gasteiger partial charge in [-0.25, -0.2) is 9.59 Å². The van der Waals surface area contributed by atoms with Crippen LogP contribution in [0.15, 0.2) is 121 Å². The molecule has 0 spiro atoms. The van der Waals surface area contributed by atoms with E-state index < -0.39 is 36.0 Å². The minimum absolute atomic E-state index is 0.0685. The molecule has 10 nitrogen and oxygen atoms in total. The summed E-state index contributed by atoms with van der Waals surface area (Å²) in [6.45, 7) is 0. The standard InChI is InChI=1S/C36H38N4O6/c41-25-31(21-27-13-5-1-6-14-27)37-33(23-29-17-9-3-10-18-29)36(38-34(43)44,24-30-19-11-4-12-20-30)40(39-35(45)46)32(26-42)22-28-15-7-2-8-16-28/h1-20,25-26,31-33,37-39H,21-24H2,(H,43,44)(H,45,46)/t31?,32-,33-,36?/m0/s1. The van der Waals surface area contributed by atoms with Crippen LogP contribution in [0.5, 0.6) is 0 Å². The zero-order valence-electron chi connectivity index (χ0n) is 25.2. The number of amides is 2. The summed E-state index contributed by atoms with van der Waals surface area (Å²) in [5.74, 6) is 0. The molecule has 0 aliphatic rings. The maximum atomic E-state index is 12.9. The SMILES string of the molecule is O=CC(Cc1ccccc1)N[C@@H](Cc1ccccc1)C(Cc1ccccc1)(NC(=O)O)N(NC(=O)O)[C@H](C=O)Cc1ccccc1. The van der Waals surface area contributed by atoms with E-state index in [1.165, 1.54) is 5.01 Å². The molecule has 2 amide bonds. The van der Waals surface area contributed by atoms with E-state index in [9.17, 15) is 29.4 Å². The lowest BCUT2D eigenvalue weighted by molar-refractivity contribution is -0.121. The van der Waals surface area contributed by atoms with Crippen LogP contribution in [0, 0.1) is 0 Å². The number of carbonyl (C=O) groups is 4. The first kappa shape index (κ1) is 33.6. The van der Waals surface area contributed by atoms with Crippen LogP contribution in [0.3, 0.4) is 0 Å². The molecule has 4 aromatic carbocycles. The van der Waals surface area contributed by atoms with E-state index in [2.05, 4.69) is 16.1 Å². The fraction of sp³-hybridized carbons (Fsp3) is 0.222. The van der Waals surface area contributed by atoms with E-state index in [0.717, 1.165) is 23.0 Å². The van der Waals surface area contributed by atoms with Crippen LogP contribution in [0.1, 0.15) is 22.3 Å². The van der Waals surface area contributed by atoms with Gasteiger partial charge in [0, 0.05) is 6.42 Å². The number of nitrogens with zero attached hydrogens (tertiary/aromatic N) is 1. The molecule has 0 bridgehead atoms. The van der Waals surface area contributed by atoms with Crippen molar-refractivity contribution in [2.45, 2.75) is 49.5 Å². The summed E-state index contributed by atoms with van der Waals surface area (Å²) in [6, 6.07) is 33.8. The van der Waals surface area contributed by atoms with Crippen molar-refractivity contribution in [3.05, 3.63) is 144 Å². The van der Waals surface area contributed by atoms with Crippen molar-refractivity contribution < 1.29 is 29.4 Å². The average Bonchev–Trinajstić information content (AvgIpc) is 3.07. The highest BCUT2D eigenvalue weighted by Gasteiger charge is 2.50. The van der Waals surface area contributed by atoms with Gasteiger partial charge in [-0.3, -0.25) is 10.7 Å². The van der Waals surface area contributed by atoms with Gasteiger partial charge in [0.05, 0.1) is 18.1 Å². The summed E-state index contributed by atoms with van der Waals surface area (Å²) >= 11 is 0. The van der Waals surface area contributed by atoms with E-state index in [1.807, 2.05) is 72.8 Å². The molecule has 0 heterocycles. The number of rotatable bonds is 17. The third-order valence-electron chi connectivity index (χ3n) is 7.80. The second-order valence-corrected chi connectivity index (χ2v) is 11.0. The number of nitrogens with one attached hydrogen (secondary N) is 3. The molecule has 4 rings (SSSR count). The van der Waals surface area contributed by atoms with Crippen LogP contribution in [0.2, 0.25) is 0 Å². The van der Waals surface area contributed by atoms with Crippen LogP contribution < -0.4 is 16.1 Å². The Balaban J connectivity index is 1.93. The van der Waals surface area contributed by atoms with E-state index in [-0.39, 0.29) is 25.7 Å². The van der Waals surface area contributed by atoms with Gasteiger partial charge in [0.25, 0.3) is 0 Å². The normalized spacial score (nSPS) is 14.3. The lowest BCUT2D eigenvalue weighted by Crippen LogP contribution is -2.78. The number of hydrogen-bond donors (Lipinski definition) is 5. The second-order valence-electron chi connectivity index (χ2n) is 11.0. The van der Waals surface area contributed by atoms with Gasteiger partial charge < -0.3 is 25.1 Å². The smallest absolute Gasteiger partial charge is 0.419 e. The first-order valence-corrected chi connectivity index (χ1v) is 15.0. The molecule has 0 aromatic heterocycles. The van der Waals surface area contributed by atoms with Crippen LogP contribution in [-0.2, 0) is 35.3 Å². The van der Waals surface area contributed by atoms with Crippen molar-refractivity contribution in [3.8, 4) is 0 Å². The lowest BCUT2D eigenvalue weighted by Gasteiger charge is -2.50. The Morgan fingerprint density at radius 2 is 1.09 bits per heavy atom. The lowest BCUT2D eigenvalue weighted by atomic mass is 9.84. The Bertz CT molecular complexity index is 1540. The molecule has 46 heavy (non-hydrogen) atoms. The van der Waals surface area contributed by atoms with E-state index in [0.29, 0.717) is 11.8 Å². The van der Waals surface area contributed by atoms with Gasteiger partial charge in [-0.05, 0) is 41.5 Å². The number of hydrogen-bond acceptors (Lipinski definition) is 6. The van der Waals surface area contributed by atoms with Crippen molar-refractivity contribution in [1.29, 1.82) is 0 Å². The second kappa shape index (κ2) is 16.7. The fourth-order valence-corrected chi connectivity index (χ4v) is 5.79. The summed E-state index contributed by atoms with van der Waals surface area (Å²) < 4.78 is 0. The molecule has 0 saturated heterocycles. The minimum Gasteiger partial charge on any atom is -0.465 e. The maximum absolute atomic E-state index is 12.9. The summed E-state index contributed by atoms with van der Waals surface area (Å²) in [4.78, 5) is 50.7. The Labute approximate surface area is 268 Å². The third-order valence-corrected chi connectivity index (χ3v) is 7.80. The highest BCUT2D eigenvalue weighted by molar-refractivity contribution is 5.68. The van der Waals surface area contributed by atoms with Gasteiger partial charge >= 0.3 is 12.2 Å². The quantitative estimate of drug-likeness (QED) is 0.0657. The average molecular weight is 623 g/mol. The van der Waals surface area contributed by atoms with Gasteiger partial charge in [-0.2, -0.15) is 5.01 Å². The molecule has 10 heteroatoms. The predicted octanol–water partition coefficient (Wildman–Crippen LogP) is 4.50. The molecule has 4 aromatic rings. The van der Waals surface area contributed by atoms with E-state index >= 15 is 0 Å². The third kappa shape index (κ3) is 9.34. The Kier molecular flexibility index (Phi) is 12.2. The van der Waals surface area contributed by atoms with Crippen molar-refractivity contribution in [1.82, 2.24) is 21.1 Å². The Morgan fingerprint density at radius 1 is 0.630 bits per heavy atom. The van der Waals surface area contributed by atoms with Crippen molar-refractivity contribution in [2.24, 2.45) is 0 Å². The van der Waals surface area contributed by atoms with Crippen LogP contribution >= 0.6 is 0 Å². The topological polar surface area (TPSA) is 148 Å². The molecule has 2 unspecified atom stereocenters. The summed E-state index contributed by atoms with van der Waals surface area (Å²) in [7, 11) is 0. The summed E-state index contributed by atoms with van der Waals surface area (Å²) in [5, 5.41) is 27.7. The minimum atomic E-state index is -1.83. The Morgan fingerprint density at radius 3 is 1.52 bits per heavy atom. The molecule has 0 aliphatic heterocycles. The van der Waals surface area contributed by atoms with Crippen molar-refractivity contribution in [2.75, 3.05) is 0 Å². The van der Waals surface area contributed by atoms with Gasteiger partial charge in [-0.15, -0.1) is 0 Å². The molecule has 0 saturated carbocycles. The number of hydrazine groups is 1. The number of benzene rings is 4. The molecule has 0 fully saturated rings. The highest BCUT2D eigenvalue weighted by Crippen LogP contribution is 2.28. The summed E-state index contributed by atoms with van der Waals surface area (Å²) in [6.07, 6.45) is -1.10. The van der Waals surface area contributed by atoms with Gasteiger partial charge in [0.15, 0.2) is 0 Å². The number of carbonyl (C=O) groups excluding carboxylic acids is 2. The van der Waals surface area contributed by atoms with Crippen LogP contribution in [0.4, 0.5) is 9.59 Å². The predicted molar refractivity (Wildman–Crippen MR) is 174 cm³/mol. The molecule has 0 radical (unpaired) electrons. The van der Waals surface area contributed by atoms with Crippen molar-refractivity contribution >= 4 is 24.8 Å². The first-order chi connectivity index (χ1) is 22.3. The van der Waals surface area contributed by atoms with Gasteiger partial charge in [-0.1, -0.05) is 121 Å². The van der Waals surface area contributed by atoms with Crippen LogP contribution in [0.25, 0.3) is 0 Å². The van der Waals surface area contributed by atoms with E-state index in [4.69, 9.17) is 0 Å². The fourth-order valence-electron chi connectivity index (χ4n) is 5.79. The Hall–Kier alpha value is -5.32. The molecule has 238 valence electrons. The highest BCUT2D eigenvalue weighted by atomic mass is 16.4. The molecule has 0 aliphatic carbocycles. The maximum Gasteiger partial charge on any atom is 0.419 e. The summed E-state index contributed by atoms with van der Waals surface area (Å²) in [5.41, 5.74) is 3.64. The molecular weight excluding hydrogens is 584 g/mol. The molecule has 4 atom stereocenters. The zero-order chi connectivity index (χ0) is 32.8. The number of aldehydes is 2. The molecule has 5 N–H and O–H groups in total. The van der Waals surface area contributed by atoms with E-state index in [1.54, 1.807) is 48.5 Å². The zero-order valence-corrected chi connectivity index (χ0v) is 25.2.